The molecule has 0 bridgehead atoms. The molecule has 106 valence electrons. The molecule has 1 aliphatic rings. The van der Waals surface area contributed by atoms with Crippen molar-refractivity contribution >= 4 is 0 Å². The molecule has 1 fully saturated rings. The van der Waals surface area contributed by atoms with E-state index >= 15 is 0 Å². The van der Waals surface area contributed by atoms with Crippen LogP contribution in [-0.2, 0) is 11.2 Å². The van der Waals surface area contributed by atoms with Crippen molar-refractivity contribution in [3.63, 3.8) is 0 Å². The Morgan fingerprint density at radius 1 is 1.26 bits per heavy atom. The molecule has 1 unspecified atom stereocenters. The van der Waals surface area contributed by atoms with Gasteiger partial charge in [-0.05, 0) is 43.0 Å². The standard InChI is InChI=1S/C15H23NO3/c1-11-8-14(17-2)15(18-3)9-12(11)4-5-13-10-16-6-7-19-13/h8-9,13,16H,4-7,10H2,1-3H3. The van der Waals surface area contributed by atoms with Crippen LogP contribution in [0.4, 0.5) is 0 Å². The predicted octanol–water partition coefficient (Wildman–Crippen LogP) is 1.93. The van der Waals surface area contributed by atoms with E-state index in [-0.39, 0.29) is 0 Å². The van der Waals surface area contributed by atoms with Gasteiger partial charge in [0.25, 0.3) is 0 Å². The highest BCUT2D eigenvalue weighted by Crippen LogP contribution is 2.31. The Balaban J connectivity index is 2.02. The Labute approximate surface area is 115 Å². The molecule has 1 aliphatic heterocycles. The lowest BCUT2D eigenvalue weighted by atomic mass is 10.0. The lowest BCUT2D eigenvalue weighted by Crippen LogP contribution is -2.38. The molecule has 4 heteroatoms. The van der Waals surface area contributed by atoms with Crippen LogP contribution in [0.5, 0.6) is 11.5 Å². The summed E-state index contributed by atoms with van der Waals surface area (Å²) >= 11 is 0. The number of ether oxygens (including phenoxy) is 3. The molecular weight excluding hydrogens is 242 g/mol. The maximum Gasteiger partial charge on any atom is 0.161 e. The lowest BCUT2D eigenvalue weighted by Gasteiger charge is -2.24. The smallest absolute Gasteiger partial charge is 0.161 e. The Bertz CT molecular complexity index is 414. The van der Waals surface area contributed by atoms with Crippen LogP contribution in [0.3, 0.4) is 0 Å². The number of aryl methyl sites for hydroxylation is 2. The van der Waals surface area contributed by atoms with E-state index in [9.17, 15) is 0 Å². The Morgan fingerprint density at radius 3 is 2.63 bits per heavy atom. The highest BCUT2D eigenvalue weighted by atomic mass is 16.5. The quantitative estimate of drug-likeness (QED) is 0.883. The van der Waals surface area contributed by atoms with Crippen molar-refractivity contribution in [1.29, 1.82) is 0 Å². The van der Waals surface area contributed by atoms with Crippen molar-refractivity contribution in [1.82, 2.24) is 5.32 Å². The van der Waals surface area contributed by atoms with E-state index in [1.165, 1.54) is 11.1 Å². The van der Waals surface area contributed by atoms with Gasteiger partial charge in [0.05, 0.1) is 26.9 Å². The van der Waals surface area contributed by atoms with Gasteiger partial charge in [-0.1, -0.05) is 0 Å². The summed E-state index contributed by atoms with van der Waals surface area (Å²) in [6.07, 6.45) is 2.35. The minimum absolute atomic E-state index is 0.321. The number of hydrogen-bond donors (Lipinski definition) is 1. The van der Waals surface area contributed by atoms with Gasteiger partial charge in [-0.3, -0.25) is 0 Å². The van der Waals surface area contributed by atoms with Crippen LogP contribution >= 0.6 is 0 Å². The van der Waals surface area contributed by atoms with E-state index in [2.05, 4.69) is 18.3 Å². The zero-order valence-electron chi connectivity index (χ0n) is 12.0. The molecule has 4 nitrogen and oxygen atoms in total. The third-order valence-electron chi connectivity index (χ3n) is 3.58. The number of morpholine rings is 1. The normalized spacial score (nSPS) is 19.2. The molecule has 1 aromatic carbocycles. The first kappa shape index (κ1) is 14.2. The van der Waals surface area contributed by atoms with E-state index in [1.54, 1.807) is 14.2 Å². The predicted molar refractivity (Wildman–Crippen MR) is 75.2 cm³/mol. The fourth-order valence-corrected chi connectivity index (χ4v) is 2.41. The monoisotopic (exact) mass is 265 g/mol. The maximum atomic E-state index is 5.72. The van der Waals surface area contributed by atoms with Gasteiger partial charge in [0.2, 0.25) is 0 Å². The van der Waals surface area contributed by atoms with Crippen molar-refractivity contribution in [2.45, 2.75) is 25.9 Å². The van der Waals surface area contributed by atoms with Gasteiger partial charge < -0.3 is 19.5 Å². The summed E-state index contributed by atoms with van der Waals surface area (Å²) in [7, 11) is 3.34. The second-order valence-electron chi connectivity index (χ2n) is 4.87. The van der Waals surface area contributed by atoms with Gasteiger partial charge in [-0.25, -0.2) is 0 Å². The van der Waals surface area contributed by atoms with Crippen molar-refractivity contribution in [2.75, 3.05) is 33.9 Å². The highest BCUT2D eigenvalue weighted by Gasteiger charge is 2.15. The Kier molecular flexibility index (Phi) is 5.05. The molecule has 1 saturated heterocycles. The first-order valence-electron chi connectivity index (χ1n) is 6.78. The minimum atomic E-state index is 0.321. The van der Waals surface area contributed by atoms with Crippen molar-refractivity contribution in [3.8, 4) is 11.5 Å². The fourth-order valence-electron chi connectivity index (χ4n) is 2.41. The number of rotatable bonds is 5. The number of methoxy groups -OCH3 is 2. The van der Waals surface area contributed by atoms with Crippen molar-refractivity contribution in [3.05, 3.63) is 23.3 Å². The molecule has 2 rings (SSSR count). The fraction of sp³-hybridized carbons (Fsp3) is 0.600. The summed E-state index contributed by atoms with van der Waals surface area (Å²) in [6, 6.07) is 4.11. The summed E-state index contributed by atoms with van der Waals surface area (Å²) < 4.78 is 16.4. The molecule has 1 atom stereocenters. The highest BCUT2D eigenvalue weighted by molar-refractivity contribution is 5.47. The molecule has 0 amide bonds. The molecule has 0 saturated carbocycles. The van der Waals surface area contributed by atoms with Crippen LogP contribution in [0, 0.1) is 6.92 Å². The van der Waals surface area contributed by atoms with Crippen molar-refractivity contribution in [2.24, 2.45) is 0 Å². The zero-order valence-corrected chi connectivity index (χ0v) is 12.0. The van der Waals surface area contributed by atoms with E-state index in [0.29, 0.717) is 6.10 Å². The molecule has 0 radical (unpaired) electrons. The SMILES string of the molecule is COc1cc(C)c(CCC2CNCCO2)cc1OC. The van der Waals surface area contributed by atoms with E-state index < -0.39 is 0 Å². The minimum Gasteiger partial charge on any atom is -0.493 e. The molecule has 0 aliphatic carbocycles. The average Bonchev–Trinajstić information content (AvgIpc) is 2.46. The number of benzene rings is 1. The van der Waals surface area contributed by atoms with E-state index in [4.69, 9.17) is 14.2 Å². The van der Waals surface area contributed by atoms with Crippen LogP contribution in [0.15, 0.2) is 12.1 Å². The van der Waals surface area contributed by atoms with Crippen LogP contribution < -0.4 is 14.8 Å². The van der Waals surface area contributed by atoms with E-state index in [0.717, 1.165) is 44.0 Å². The van der Waals surface area contributed by atoms with Crippen molar-refractivity contribution < 1.29 is 14.2 Å². The Morgan fingerprint density at radius 2 is 2.00 bits per heavy atom. The summed E-state index contributed by atoms with van der Waals surface area (Å²) in [5.74, 6) is 1.59. The molecular formula is C15H23NO3. The van der Waals surface area contributed by atoms with Gasteiger partial charge in [0.1, 0.15) is 0 Å². The second-order valence-corrected chi connectivity index (χ2v) is 4.87. The van der Waals surface area contributed by atoms with Gasteiger partial charge in [0.15, 0.2) is 11.5 Å². The summed E-state index contributed by atoms with van der Waals surface area (Å²) in [5, 5.41) is 3.36. The topological polar surface area (TPSA) is 39.7 Å². The van der Waals surface area contributed by atoms with E-state index in [1.807, 2.05) is 6.07 Å². The summed E-state index contributed by atoms with van der Waals surface area (Å²) in [6.45, 7) is 4.84. The van der Waals surface area contributed by atoms with Crippen LogP contribution in [0.2, 0.25) is 0 Å². The zero-order chi connectivity index (χ0) is 13.7. The third-order valence-corrected chi connectivity index (χ3v) is 3.58. The van der Waals surface area contributed by atoms with Gasteiger partial charge in [0, 0.05) is 13.1 Å². The van der Waals surface area contributed by atoms with Crippen LogP contribution in [0.25, 0.3) is 0 Å². The third kappa shape index (κ3) is 3.61. The Hall–Kier alpha value is -1.26. The van der Waals surface area contributed by atoms with Crippen LogP contribution in [-0.4, -0.2) is 40.0 Å². The average molecular weight is 265 g/mol. The lowest BCUT2D eigenvalue weighted by molar-refractivity contribution is 0.0238. The summed E-state index contributed by atoms with van der Waals surface area (Å²) in [4.78, 5) is 0. The van der Waals surface area contributed by atoms with Gasteiger partial charge in [-0.15, -0.1) is 0 Å². The molecule has 0 aromatic heterocycles. The summed E-state index contributed by atoms with van der Waals surface area (Å²) in [5.41, 5.74) is 2.54. The first-order valence-corrected chi connectivity index (χ1v) is 6.78. The first-order chi connectivity index (χ1) is 9.24. The molecule has 19 heavy (non-hydrogen) atoms. The van der Waals surface area contributed by atoms with Gasteiger partial charge >= 0.3 is 0 Å². The maximum absolute atomic E-state index is 5.72. The van der Waals surface area contributed by atoms with Gasteiger partial charge in [-0.2, -0.15) is 0 Å². The number of hydrogen-bond acceptors (Lipinski definition) is 4. The van der Waals surface area contributed by atoms with Crippen LogP contribution in [0.1, 0.15) is 17.5 Å². The molecule has 1 aromatic rings. The number of nitrogens with one attached hydrogen (secondary N) is 1. The molecule has 0 spiro atoms. The molecule has 1 heterocycles. The molecule has 1 N–H and O–H groups in total. The largest absolute Gasteiger partial charge is 0.493 e. The second kappa shape index (κ2) is 6.78.